The summed E-state index contributed by atoms with van der Waals surface area (Å²) >= 11 is 0. The van der Waals surface area contributed by atoms with E-state index in [-0.39, 0.29) is 18.3 Å². The van der Waals surface area contributed by atoms with Gasteiger partial charge in [0.25, 0.3) is 0 Å². The number of nitrogens with one attached hydrogen (secondary N) is 1. The van der Waals surface area contributed by atoms with Crippen LogP contribution in [0.1, 0.15) is 37.7 Å². The van der Waals surface area contributed by atoms with Gasteiger partial charge in [-0.3, -0.25) is 4.79 Å². The molecule has 1 aliphatic carbocycles. The Labute approximate surface area is 178 Å². The van der Waals surface area contributed by atoms with Gasteiger partial charge in [0.1, 0.15) is 5.54 Å². The number of hydrogen-bond donors (Lipinski definition) is 5. The lowest BCUT2D eigenvalue weighted by molar-refractivity contribution is -0.148. The maximum Gasteiger partial charge on any atom is 0.451 e. The van der Waals surface area contributed by atoms with E-state index < -0.39 is 18.6 Å². The average molecular weight is 410 g/mol. The molecule has 160 valence electrons. The van der Waals surface area contributed by atoms with Crippen molar-refractivity contribution in [2.75, 3.05) is 0 Å². The summed E-state index contributed by atoms with van der Waals surface area (Å²) in [5.74, 6) is -1.03. The van der Waals surface area contributed by atoms with Crippen molar-refractivity contribution in [3.05, 3.63) is 60.2 Å². The Bertz CT molecular complexity index is 827. The zero-order chi connectivity index (χ0) is 21.6. The van der Waals surface area contributed by atoms with E-state index in [2.05, 4.69) is 41.7 Å². The van der Waals surface area contributed by atoms with Gasteiger partial charge >= 0.3 is 13.1 Å². The molecule has 30 heavy (non-hydrogen) atoms. The Morgan fingerprint density at radius 1 is 1.07 bits per heavy atom. The first kappa shape index (κ1) is 22.5. The molecule has 0 radical (unpaired) electrons. The van der Waals surface area contributed by atoms with E-state index in [1.54, 1.807) is 0 Å². The molecular formula is C23H31BN2O4. The lowest BCUT2D eigenvalue weighted by atomic mass is 9.66. The van der Waals surface area contributed by atoms with Gasteiger partial charge in [0.15, 0.2) is 0 Å². The molecule has 0 unspecified atom stereocenters. The number of hydrogen-bond acceptors (Lipinski definition) is 5. The van der Waals surface area contributed by atoms with E-state index in [9.17, 15) is 9.90 Å². The fourth-order valence-electron chi connectivity index (χ4n) is 4.19. The van der Waals surface area contributed by atoms with Crippen LogP contribution < -0.4 is 11.1 Å². The van der Waals surface area contributed by atoms with Crippen LogP contribution in [0.4, 0.5) is 0 Å². The quantitative estimate of drug-likeness (QED) is 0.287. The number of unbranched alkanes of at least 4 members (excludes halogenated alkanes) is 1. The van der Waals surface area contributed by atoms with Crippen molar-refractivity contribution in [3.63, 3.8) is 0 Å². The molecule has 0 saturated heterocycles. The molecule has 2 aromatic rings. The van der Waals surface area contributed by atoms with E-state index >= 15 is 0 Å². The van der Waals surface area contributed by atoms with Gasteiger partial charge in [-0.2, -0.15) is 0 Å². The molecule has 0 bridgehead atoms. The minimum absolute atomic E-state index is 0.0674. The maximum atomic E-state index is 11.8. The summed E-state index contributed by atoms with van der Waals surface area (Å²) in [5.41, 5.74) is 8.58. The van der Waals surface area contributed by atoms with Crippen molar-refractivity contribution in [1.29, 1.82) is 0 Å². The van der Waals surface area contributed by atoms with Gasteiger partial charge in [-0.15, -0.1) is 0 Å². The van der Waals surface area contributed by atoms with Crippen LogP contribution in [0.15, 0.2) is 54.6 Å². The first-order chi connectivity index (χ1) is 14.4. The SMILES string of the molecule is N[C@](CCCCB(O)O)(C(=O)O)C1CC(NCc2cccc(-c3ccccc3)c2)C1. The molecule has 1 saturated carbocycles. The molecule has 1 fully saturated rings. The maximum absolute atomic E-state index is 11.8. The van der Waals surface area contributed by atoms with Gasteiger partial charge in [-0.1, -0.05) is 61.4 Å². The number of carboxylic acid groups (broad SMARTS) is 1. The van der Waals surface area contributed by atoms with Crippen LogP contribution in [0.3, 0.4) is 0 Å². The van der Waals surface area contributed by atoms with E-state index in [0.29, 0.717) is 19.3 Å². The van der Waals surface area contributed by atoms with Gasteiger partial charge in [0, 0.05) is 12.6 Å². The molecule has 0 spiro atoms. The number of benzene rings is 2. The van der Waals surface area contributed by atoms with E-state index in [1.165, 1.54) is 16.7 Å². The molecular weight excluding hydrogens is 379 g/mol. The highest BCUT2D eigenvalue weighted by molar-refractivity contribution is 6.40. The van der Waals surface area contributed by atoms with E-state index in [1.807, 2.05) is 18.2 Å². The van der Waals surface area contributed by atoms with Crippen molar-refractivity contribution in [1.82, 2.24) is 5.32 Å². The summed E-state index contributed by atoms with van der Waals surface area (Å²) in [7, 11) is -1.35. The van der Waals surface area contributed by atoms with Crippen molar-refractivity contribution in [3.8, 4) is 11.1 Å². The van der Waals surface area contributed by atoms with E-state index in [0.717, 1.165) is 19.4 Å². The summed E-state index contributed by atoms with van der Waals surface area (Å²) in [5, 5.41) is 31.0. The Balaban J connectivity index is 1.48. The summed E-state index contributed by atoms with van der Waals surface area (Å²) in [4.78, 5) is 11.8. The summed E-state index contributed by atoms with van der Waals surface area (Å²) in [6.45, 7) is 0.733. The Morgan fingerprint density at radius 2 is 1.77 bits per heavy atom. The van der Waals surface area contributed by atoms with Crippen molar-refractivity contribution in [2.24, 2.45) is 11.7 Å². The molecule has 6 nitrogen and oxygen atoms in total. The highest BCUT2D eigenvalue weighted by Gasteiger charge is 2.48. The minimum Gasteiger partial charge on any atom is -0.480 e. The van der Waals surface area contributed by atoms with Gasteiger partial charge in [0.05, 0.1) is 0 Å². The molecule has 0 amide bonds. The zero-order valence-electron chi connectivity index (χ0n) is 17.2. The highest BCUT2D eigenvalue weighted by Crippen LogP contribution is 2.38. The number of aliphatic carboxylic acids is 1. The highest BCUT2D eigenvalue weighted by atomic mass is 16.4. The monoisotopic (exact) mass is 410 g/mol. The van der Waals surface area contributed by atoms with Gasteiger partial charge < -0.3 is 26.2 Å². The fraction of sp³-hybridized carbons (Fsp3) is 0.435. The Kier molecular flexibility index (Phi) is 7.66. The van der Waals surface area contributed by atoms with Gasteiger partial charge in [-0.25, -0.2) is 0 Å². The molecule has 1 atom stereocenters. The fourth-order valence-corrected chi connectivity index (χ4v) is 4.19. The molecule has 3 rings (SSSR count). The largest absolute Gasteiger partial charge is 0.480 e. The van der Waals surface area contributed by atoms with Crippen LogP contribution in [0.5, 0.6) is 0 Å². The van der Waals surface area contributed by atoms with Crippen molar-refractivity contribution < 1.29 is 19.9 Å². The van der Waals surface area contributed by atoms with Crippen LogP contribution in [-0.4, -0.2) is 39.8 Å². The number of carboxylic acids is 1. The van der Waals surface area contributed by atoms with E-state index in [4.69, 9.17) is 15.8 Å². The van der Waals surface area contributed by atoms with Crippen LogP contribution in [-0.2, 0) is 11.3 Å². The minimum atomic E-state index is -1.35. The van der Waals surface area contributed by atoms with Crippen LogP contribution >= 0.6 is 0 Å². The summed E-state index contributed by atoms with van der Waals surface area (Å²) < 4.78 is 0. The van der Waals surface area contributed by atoms with Gasteiger partial charge in [0.2, 0.25) is 0 Å². The summed E-state index contributed by atoms with van der Waals surface area (Å²) in [6.07, 6.45) is 3.20. The molecule has 1 aliphatic rings. The lowest BCUT2D eigenvalue weighted by Gasteiger charge is -2.45. The normalized spacial score (nSPS) is 20.2. The van der Waals surface area contributed by atoms with Crippen LogP contribution in [0.25, 0.3) is 11.1 Å². The second-order valence-electron chi connectivity index (χ2n) is 8.38. The number of rotatable bonds is 11. The molecule has 0 aliphatic heterocycles. The molecule has 0 heterocycles. The smallest absolute Gasteiger partial charge is 0.451 e. The lowest BCUT2D eigenvalue weighted by Crippen LogP contribution is -2.61. The third kappa shape index (κ3) is 5.70. The summed E-state index contributed by atoms with van der Waals surface area (Å²) in [6, 6.07) is 18.9. The van der Waals surface area contributed by atoms with Gasteiger partial charge in [-0.05, 0) is 54.3 Å². The number of nitrogens with two attached hydrogens (primary N) is 1. The second kappa shape index (κ2) is 10.2. The molecule has 2 aromatic carbocycles. The Morgan fingerprint density at radius 3 is 2.43 bits per heavy atom. The average Bonchev–Trinajstić information content (AvgIpc) is 2.70. The molecule has 6 N–H and O–H groups in total. The third-order valence-electron chi connectivity index (χ3n) is 6.20. The predicted molar refractivity (Wildman–Crippen MR) is 119 cm³/mol. The first-order valence-electron chi connectivity index (χ1n) is 10.6. The predicted octanol–water partition coefficient (Wildman–Crippen LogP) is 2.65. The molecule has 7 heteroatoms. The zero-order valence-corrected chi connectivity index (χ0v) is 17.2. The van der Waals surface area contributed by atoms with Crippen molar-refractivity contribution >= 4 is 13.1 Å². The standard InChI is InChI=1S/C23H31BN2O4/c25-23(22(27)28,11-4-5-12-24(29)30)20-14-21(15-20)26-16-17-7-6-10-19(13-17)18-8-2-1-3-9-18/h1-3,6-10,13,20-21,26,29-30H,4-5,11-12,14-16,25H2,(H,27,28)/t20?,21?,23-/m0/s1. The first-order valence-corrected chi connectivity index (χ1v) is 10.6. The van der Waals surface area contributed by atoms with Crippen molar-refractivity contribution in [2.45, 2.75) is 56.5 Å². The second-order valence-corrected chi connectivity index (χ2v) is 8.38. The van der Waals surface area contributed by atoms with Crippen LogP contribution in [0.2, 0.25) is 6.32 Å². The van der Waals surface area contributed by atoms with Crippen LogP contribution in [0, 0.1) is 5.92 Å². The molecule has 0 aromatic heterocycles. The Hall–Kier alpha value is -2.19. The topological polar surface area (TPSA) is 116 Å². The third-order valence-corrected chi connectivity index (χ3v) is 6.20. The number of carbonyl (C=O) groups is 1.